The van der Waals surface area contributed by atoms with Crippen LogP contribution in [0.3, 0.4) is 0 Å². The van der Waals surface area contributed by atoms with Gasteiger partial charge in [-0.15, -0.1) is 0 Å². The van der Waals surface area contributed by atoms with Crippen molar-refractivity contribution in [3.8, 4) is 0 Å². The molecule has 1 aromatic carbocycles. The van der Waals surface area contributed by atoms with Crippen molar-refractivity contribution in [2.75, 3.05) is 38.2 Å². The molecule has 2 N–H and O–H groups in total. The Morgan fingerprint density at radius 3 is 2.39 bits per heavy atom. The van der Waals surface area contributed by atoms with E-state index < -0.39 is 23.3 Å². The van der Waals surface area contributed by atoms with Gasteiger partial charge >= 0.3 is 12.1 Å². The molecule has 1 saturated carbocycles. The SMILES string of the molecule is CCOCCNC(=O)Nc1cc(F)c(C2CCC(=NOC3CCN(C(=O)OC(C)(C)C)CC3)CC2)cc1F. The molecule has 1 aromatic rings. The maximum Gasteiger partial charge on any atom is 0.410 e. The summed E-state index contributed by atoms with van der Waals surface area (Å²) in [6.07, 6.45) is 3.48. The third kappa shape index (κ3) is 9.11. The number of urea groups is 1. The first-order valence-electron chi connectivity index (χ1n) is 13.4. The number of ether oxygens (including phenoxy) is 2. The van der Waals surface area contributed by atoms with Crippen LogP contribution in [0.1, 0.15) is 77.7 Å². The van der Waals surface area contributed by atoms with Gasteiger partial charge in [-0.05, 0) is 70.9 Å². The number of piperidine rings is 1. The normalized spacial score (nSPS) is 18.6. The summed E-state index contributed by atoms with van der Waals surface area (Å²) < 4.78 is 40.0. The van der Waals surface area contributed by atoms with Crippen molar-refractivity contribution in [1.82, 2.24) is 10.2 Å². The number of anilines is 1. The fourth-order valence-electron chi connectivity index (χ4n) is 4.49. The molecular weight excluding hydrogens is 498 g/mol. The minimum absolute atomic E-state index is 0.0677. The molecule has 212 valence electrons. The lowest BCUT2D eigenvalue weighted by atomic mass is 9.83. The fourth-order valence-corrected chi connectivity index (χ4v) is 4.49. The highest BCUT2D eigenvalue weighted by atomic mass is 19.1. The van der Waals surface area contributed by atoms with Gasteiger partial charge in [0, 0.05) is 45.1 Å². The highest BCUT2D eigenvalue weighted by Gasteiger charge is 2.28. The van der Waals surface area contributed by atoms with Crippen molar-refractivity contribution >= 4 is 23.5 Å². The van der Waals surface area contributed by atoms with E-state index in [4.69, 9.17) is 14.3 Å². The third-order valence-corrected chi connectivity index (χ3v) is 6.50. The number of likely N-dealkylation sites (tertiary alicyclic amines) is 1. The van der Waals surface area contributed by atoms with E-state index in [1.807, 2.05) is 27.7 Å². The molecule has 9 nitrogen and oxygen atoms in total. The lowest BCUT2D eigenvalue weighted by Crippen LogP contribution is -2.43. The molecule has 3 rings (SSSR count). The number of nitrogens with zero attached hydrogens (tertiary/aromatic N) is 2. The zero-order valence-corrected chi connectivity index (χ0v) is 22.8. The average molecular weight is 539 g/mol. The quantitative estimate of drug-likeness (QED) is 0.334. The minimum atomic E-state index is -0.679. The molecule has 1 aliphatic heterocycles. The van der Waals surface area contributed by atoms with Crippen molar-refractivity contribution in [2.45, 2.75) is 83.8 Å². The van der Waals surface area contributed by atoms with Gasteiger partial charge in [-0.1, -0.05) is 5.16 Å². The Morgan fingerprint density at radius 2 is 1.76 bits per heavy atom. The van der Waals surface area contributed by atoms with Crippen LogP contribution in [0, 0.1) is 11.6 Å². The van der Waals surface area contributed by atoms with Gasteiger partial charge in [-0.3, -0.25) is 0 Å². The summed E-state index contributed by atoms with van der Waals surface area (Å²) in [7, 11) is 0. The second-order valence-corrected chi connectivity index (χ2v) is 10.6. The van der Waals surface area contributed by atoms with Crippen molar-refractivity contribution in [3.05, 3.63) is 29.3 Å². The lowest BCUT2D eigenvalue weighted by molar-refractivity contribution is -0.0103. The van der Waals surface area contributed by atoms with Crippen molar-refractivity contribution in [1.29, 1.82) is 0 Å². The average Bonchev–Trinajstić information content (AvgIpc) is 2.87. The molecule has 38 heavy (non-hydrogen) atoms. The van der Waals surface area contributed by atoms with Gasteiger partial charge in [-0.2, -0.15) is 0 Å². The van der Waals surface area contributed by atoms with Gasteiger partial charge < -0.3 is 29.8 Å². The Bertz CT molecular complexity index is 980. The summed E-state index contributed by atoms with van der Waals surface area (Å²) in [6.45, 7) is 9.61. The molecule has 0 radical (unpaired) electrons. The van der Waals surface area contributed by atoms with Crippen LogP contribution in [-0.2, 0) is 14.3 Å². The van der Waals surface area contributed by atoms with Crippen LogP contribution >= 0.6 is 0 Å². The first kappa shape index (κ1) is 29.6. The molecule has 0 bridgehead atoms. The Kier molecular flexibility index (Phi) is 10.7. The summed E-state index contributed by atoms with van der Waals surface area (Å²) in [6, 6.07) is 1.58. The van der Waals surface area contributed by atoms with Gasteiger partial charge in [-0.25, -0.2) is 18.4 Å². The number of carbonyl (C=O) groups excluding carboxylic acids is 2. The number of nitrogens with one attached hydrogen (secondary N) is 2. The van der Waals surface area contributed by atoms with Crippen molar-refractivity contribution in [3.63, 3.8) is 0 Å². The first-order valence-corrected chi connectivity index (χ1v) is 13.4. The molecule has 1 heterocycles. The summed E-state index contributed by atoms with van der Waals surface area (Å²) >= 11 is 0. The van der Waals surface area contributed by atoms with Gasteiger partial charge in [0.25, 0.3) is 0 Å². The molecule has 2 aliphatic rings. The van der Waals surface area contributed by atoms with E-state index >= 15 is 0 Å². The van der Waals surface area contributed by atoms with Crippen molar-refractivity contribution in [2.24, 2.45) is 5.16 Å². The summed E-state index contributed by atoms with van der Waals surface area (Å²) in [5, 5.41) is 9.22. The zero-order chi connectivity index (χ0) is 27.7. The zero-order valence-electron chi connectivity index (χ0n) is 22.8. The van der Waals surface area contributed by atoms with Crippen LogP contribution in [0.5, 0.6) is 0 Å². The second kappa shape index (κ2) is 13.7. The molecule has 1 saturated heterocycles. The summed E-state index contributed by atoms with van der Waals surface area (Å²) in [5.74, 6) is -1.37. The molecule has 3 amide bonds. The van der Waals surface area contributed by atoms with E-state index in [0.717, 1.165) is 11.8 Å². The standard InChI is InChI=1S/C27H40F2N4O5/c1-5-36-15-12-30-25(34)31-24-17-22(28)21(16-23(24)29)18-6-8-19(9-7-18)32-38-20-10-13-33(14-11-20)26(35)37-27(2,3)4/h16-18,20H,5-15H2,1-4H3,(H2,30,31,34). The number of carbonyl (C=O) groups is 2. The number of rotatable bonds is 8. The van der Waals surface area contributed by atoms with Crippen LogP contribution in [0.2, 0.25) is 0 Å². The topological polar surface area (TPSA) is 101 Å². The van der Waals surface area contributed by atoms with Gasteiger partial charge in [0.1, 0.15) is 23.3 Å². The van der Waals surface area contributed by atoms with E-state index in [0.29, 0.717) is 70.4 Å². The number of hydrogen-bond donors (Lipinski definition) is 2. The van der Waals surface area contributed by atoms with Gasteiger partial charge in [0.2, 0.25) is 0 Å². The van der Waals surface area contributed by atoms with E-state index in [9.17, 15) is 18.4 Å². The van der Waals surface area contributed by atoms with E-state index in [1.54, 1.807) is 4.90 Å². The smallest absolute Gasteiger partial charge is 0.410 e. The summed E-state index contributed by atoms with van der Waals surface area (Å²) in [4.78, 5) is 31.6. The Balaban J connectivity index is 1.44. The minimum Gasteiger partial charge on any atom is -0.444 e. The number of hydrogen-bond acceptors (Lipinski definition) is 6. The number of halogens is 2. The molecule has 0 atom stereocenters. The van der Waals surface area contributed by atoms with Crippen LogP contribution in [0.25, 0.3) is 0 Å². The molecule has 0 unspecified atom stereocenters. The largest absolute Gasteiger partial charge is 0.444 e. The molecule has 0 aromatic heterocycles. The molecular formula is C27H40F2N4O5. The number of oxime groups is 1. The van der Waals surface area contributed by atoms with Crippen LogP contribution in [0.15, 0.2) is 17.3 Å². The monoisotopic (exact) mass is 538 g/mol. The summed E-state index contributed by atoms with van der Waals surface area (Å²) in [5.41, 5.74) is 0.477. The Labute approximate surface area is 223 Å². The predicted octanol–water partition coefficient (Wildman–Crippen LogP) is 5.55. The molecule has 2 fully saturated rings. The lowest BCUT2D eigenvalue weighted by Gasteiger charge is -2.32. The predicted molar refractivity (Wildman–Crippen MR) is 140 cm³/mol. The highest BCUT2D eigenvalue weighted by molar-refractivity contribution is 5.89. The highest BCUT2D eigenvalue weighted by Crippen LogP contribution is 2.35. The van der Waals surface area contributed by atoms with Gasteiger partial charge in [0.15, 0.2) is 0 Å². The van der Waals surface area contributed by atoms with Crippen LogP contribution in [-0.4, -0.2) is 67.3 Å². The van der Waals surface area contributed by atoms with E-state index in [2.05, 4.69) is 15.8 Å². The van der Waals surface area contributed by atoms with Crippen molar-refractivity contribution < 1.29 is 32.7 Å². The molecule has 11 heteroatoms. The van der Waals surface area contributed by atoms with E-state index in [-0.39, 0.29) is 30.3 Å². The molecule has 0 spiro atoms. The third-order valence-electron chi connectivity index (χ3n) is 6.50. The Hall–Kier alpha value is -2.95. The van der Waals surface area contributed by atoms with Crippen LogP contribution < -0.4 is 10.6 Å². The molecule has 1 aliphatic carbocycles. The maximum atomic E-state index is 14.8. The first-order chi connectivity index (χ1) is 18.1. The van der Waals surface area contributed by atoms with E-state index in [1.165, 1.54) is 6.07 Å². The second-order valence-electron chi connectivity index (χ2n) is 10.6. The number of benzene rings is 1. The fraction of sp³-hybridized carbons (Fsp3) is 0.667. The van der Waals surface area contributed by atoms with Crippen LogP contribution in [0.4, 0.5) is 24.1 Å². The van der Waals surface area contributed by atoms with Gasteiger partial charge in [0.05, 0.1) is 18.0 Å². The maximum absolute atomic E-state index is 14.8. The Morgan fingerprint density at radius 1 is 1.08 bits per heavy atom. The number of amides is 3.